The van der Waals surface area contributed by atoms with E-state index >= 15 is 0 Å². The molecule has 0 aliphatic heterocycles. The fraction of sp³-hybridized carbons (Fsp3) is 0. The van der Waals surface area contributed by atoms with Crippen molar-refractivity contribution in [2.75, 3.05) is 0 Å². The first-order valence-corrected chi connectivity index (χ1v) is 5.51. The van der Waals surface area contributed by atoms with E-state index in [1.165, 1.54) is 6.07 Å². The molecule has 0 saturated carbocycles. The van der Waals surface area contributed by atoms with Crippen LogP contribution >= 0.6 is 22.6 Å². The number of rotatable bonds is 2. The van der Waals surface area contributed by atoms with Crippen LogP contribution in [0.4, 0.5) is 4.39 Å². The zero-order chi connectivity index (χ0) is 10.7. The lowest BCUT2D eigenvalue weighted by molar-refractivity contribution is 0.442. The largest absolute Gasteiger partial charge is 0.454 e. The van der Waals surface area contributed by atoms with Crippen LogP contribution < -0.4 is 4.74 Å². The maximum absolute atomic E-state index is 13.4. The average molecular weight is 314 g/mol. The summed E-state index contributed by atoms with van der Waals surface area (Å²) in [7, 11) is 0. The molecule has 15 heavy (non-hydrogen) atoms. The van der Waals surface area contributed by atoms with Crippen LogP contribution in [-0.2, 0) is 0 Å². The number of benzene rings is 2. The smallest absolute Gasteiger partial charge is 0.166 e. The fourth-order valence-corrected chi connectivity index (χ4v) is 1.63. The molecule has 2 rings (SSSR count). The molecular weight excluding hydrogens is 306 g/mol. The summed E-state index contributed by atoms with van der Waals surface area (Å²) in [6.07, 6.45) is 0. The Hall–Kier alpha value is -1.10. The Morgan fingerprint density at radius 3 is 2.40 bits per heavy atom. The lowest BCUT2D eigenvalue weighted by atomic mass is 10.3. The van der Waals surface area contributed by atoms with E-state index in [0.717, 1.165) is 3.57 Å². The highest BCUT2D eigenvalue weighted by molar-refractivity contribution is 14.1. The number of hydrogen-bond donors (Lipinski definition) is 0. The Morgan fingerprint density at radius 1 is 1.00 bits per heavy atom. The van der Waals surface area contributed by atoms with E-state index in [1.54, 1.807) is 18.2 Å². The van der Waals surface area contributed by atoms with Crippen molar-refractivity contribution >= 4 is 22.6 Å². The van der Waals surface area contributed by atoms with Gasteiger partial charge in [0.25, 0.3) is 0 Å². The van der Waals surface area contributed by atoms with Crippen LogP contribution in [0.15, 0.2) is 48.5 Å². The van der Waals surface area contributed by atoms with Crippen molar-refractivity contribution < 1.29 is 9.13 Å². The monoisotopic (exact) mass is 314 g/mol. The predicted molar refractivity (Wildman–Crippen MR) is 65.6 cm³/mol. The second kappa shape index (κ2) is 4.61. The van der Waals surface area contributed by atoms with E-state index < -0.39 is 0 Å². The average Bonchev–Trinajstić information content (AvgIpc) is 2.24. The van der Waals surface area contributed by atoms with Crippen LogP contribution in [0.2, 0.25) is 0 Å². The van der Waals surface area contributed by atoms with Gasteiger partial charge < -0.3 is 4.74 Å². The maximum atomic E-state index is 13.4. The molecule has 0 amide bonds. The van der Waals surface area contributed by atoms with E-state index in [2.05, 4.69) is 22.6 Å². The molecule has 0 saturated heterocycles. The number of hydrogen-bond acceptors (Lipinski definition) is 1. The summed E-state index contributed by atoms with van der Waals surface area (Å²) in [5, 5.41) is 0. The lowest BCUT2D eigenvalue weighted by Gasteiger charge is -2.06. The normalized spacial score (nSPS) is 10.0. The number of para-hydroxylation sites is 1. The molecule has 0 fully saturated rings. The van der Waals surface area contributed by atoms with Gasteiger partial charge in [-0.15, -0.1) is 0 Å². The van der Waals surface area contributed by atoms with Crippen LogP contribution in [-0.4, -0.2) is 0 Å². The third-order valence-electron chi connectivity index (χ3n) is 1.86. The quantitative estimate of drug-likeness (QED) is 0.754. The van der Waals surface area contributed by atoms with Crippen molar-refractivity contribution in [3.8, 4) is 11.5 Å². The van der Waals surface area contributed by atoms with Gasteiger partial charge >= 0.3 is 0 Å². The van der Waals surface area contributed by atoms with Gasteiger partial charge in [-0.25, -0.2) is 4.39 Å². The summed E-state index contributed by atoms with van der Waals surface area (Å²) in [4.78, 5) is 0. The van der Waals surface area contributed by atoms with E-state index in [-0.39, 0.29) is 11.6 Å². The van der Waals surface area contributed by atoms with Crippen molar-refractivity contribution in [3.63, 3.8) is 0 Å². The van der Waals surface area contributed by atoms with Crippen molar-refractivity contribution in [3.05, 3.63) is 57.9 Å². The van der Waals surface area contributed by atoms with Crippen LogP contribution in [0.5, 0.6) is 11.5 Å². The van der Waals surface area contributed by atoms with E-state index in [4.69, 9.17) is 4.74 Å². The molecule has 2 aromatic rings. The Balaban J connectivity index is 2.25. The van der Waals surface area contributed by atoms with E-state index in [1.807, 2.05) is 24.3 Å². The van der Waals surface area contributed by atoms with Gasteiger partial charge in [-0.2, -0.15) is 0 Å². The molecule has 0 aromatic heterocycles. The van der Waals surface area contributed by atoms with Gasteiger partial charge in [0, 0.05) is 3.57 Å². The highest BCUT2D eigenvalue weighted by atomic mass is 127. The van der Waals surface area contributed by atoms with Crippen molar-refractivity contribution in [1.82, 2.24) is 0 Å². The Kier molecular flexibility index (Phi) is 3.20. The molecule has 0 bridgehead atoms. The number of halogens is 2. The molecule has 2 aromatic carbocycles. The highest BCUT2D eigenvalue weighted by Crippen LogP contribution is 2.25. The van der Waals surface area contributed by atoms with Crippen molar-refractivity contribution in [2.45, 2.75) is 0 Å². The zero-order valence-corrected chi connectivity index (χ0v) is 9.94. The van der Waals surface area contributed by atoms with Gasteiger partial charge in [-0.05, 0) is 52.9 Å². The summed E-state index contributed by atoms with van der Waals surface area (Å²) in [6, 6.07) is 14.0. The standard InChI is InChI=1S/C12H8FIO/c13-11-8-9(14)6-7-12(11)15-10-4-2-1-3-5-10/h1-8H. The van der Waals surface area contributed by atoms with Gasteiger partial charge in [0.15, 0.2) is 11.6 Å². The van der Waals surface area contributed by atoms with Gasteiger partial charge in [-0.3, -0.25) is 0 Å². The zero-order valence-electron chi connectivity index (χ0n) is 7.78. The first-order valence-electron chi connectivity index (χ1n) is 4.43. The predicted octanol–water partition coefficient (Wildman–Crippen LogP) is 4.22. The van der Waals surface area contributed by atoms with Gasteiger partial charge in [0.05, 0.1) is 0 Å². The molecule has 1 nitrogen and oxygen atoms in total. The maximum Gasteiger partial charge on any atom is 0.166 e. The lowest BCUT2D eigenvalue weighted by Crippen LogP contribution is -1.88. The summed E-state index contributed by atoms with van der Waals surface area (Å²) in [5.74, 6) is 0.546. The van der Waals surface area contributed by atoms with Gasteiger partial charge in [-0.1, -0.05) is 18.2 Å². The minimum Gasteiger partial charge on any atom is -0.454 e. The molecule has 0 radical (unpaired) electrons. The molecule has 0 spiro atoms. The Bertz CT molecular complexity index is 456. The van der Waals surface area contributed by atoms with Crippen LogP contribution in [0.3, 0.4) is 0 Å². The summed E-state index contributed by atoms with van der Waals surface area (Å²) in [6.45, 7) is 0. The van der Waals surface area contributed by atoms with Crippen LogP contribution in [0.1, 0.15) is 0 Å². The Morgan fingerprint density at radius 2 is 1.73 bits per heavy atom. The molecule has 0 heterocycles. The molecule has 76 valence electrons. The molecule has 0 aliphatic carbocycles. The summed E-state index contributed by atoms with van der Waals surface area (Å²) >= 11 is 2.06. The molecule has 0 atom stereocenters. The second-order valence-corrected chi connectivity index (χ2v) is 4.24. The van der Waals surface area contributed by atoms with Crippen LogP contribution in [0, 0.1) is 9.39 Å². The van der Waals surface area contributed by atoms with E-state index in [0.29, 0.717) is 5.75 Å². The molecule has 0 N–H and O–H groups in total. The fourth-order valence-electron chi connectivity index (χ4n) is 1.17. The van der Waals surface area contributed by atoms with Crippen molar-refractivity contribution in [2.24, 2.45) is 0 Å². The molecular formula is C12H8FIO. The summed E-state index contributed by atoms with van der Waals surface area (Å²) < 4.78 is 19.6. The van der Waals surface area contributed by atoms with Crippen LogP contribution in [0.25, 0.3) is 0 Å². The second-order valence-electron chi connectivity index (χ2n) is 2.99. The third-order valence-corrected chi connectivity index (χ3v) is 2.54. The van der Waals surface area contributed by atoms with Gasteiger partial charge in [0.2, 0.25) is 0 Å². The SMILES string of the molecule is Fc1cc(I)ccc1Oc1ccccc1. The first kappa shape index (κ1) is 10.4. The topological polar surface area (TPSA) is 9.23 Å². The summed E-state index contributed by atoms with van der Waals surface area (Å²) in [5.41, 5.74) is 0. The molecule has 0 unspecified atom stereocenters. The van der Waals surface area contributed by atoms with Crippen molar-refractivity contribution in [1.29, 1.82) is 0 Å². The molecule has 0 aliphatic rings. The van der Waals surface area contributed by atoms with E-state index in [9.17, 15) is 4.39 Å². The first-order chi connectivity index (χ1) is 7.25. The minimum absolute atomic E-state index is 0.251. The highest BCUT2D eigenvalue weighted by Gasteiger charge is 2.04. The third kappa shape index (κ3) is 2.68. The number of ether oxygens (including phenoxy) is 1. The Labute approximate surface area is 101 Å². The minimum atomic E-state index is -0.342. The van der Waals surface area contributed by atoms with Gasteiger partial charge in [0.1, 0.15) is 5.75 Å². The molecule has 3 heteroatoms.